The van der Waals surface area contributed by atoms with Crippen LogP contribution < -0.4 is 4.90 Å². The quantitative estimate of drug-likeness (QED) is 0.442. The summed E-state index contributed by atoms with van der Waals surface area (Å²) >= 11 is 0. The molecule has 0 unspecified atom stereocenters. The van der Waals surface area contributed by atoms with Crippen LogP contribution in [0.25, 0.3) is 0 Å². The molecule has 188 valence electrons. The molecular weight excluding hydrogens is 442 g/mol. The summed E-state index contributed by atoms with van der Waals surface area (Å²) in [7, 11) is 0. The number of amides is 1. The Balaban J connectivity index is 1.85. The van der Waals surface area contributed by atoms with Gasteiger partial charge in [0.1, 0.15) is 6.10 Å². The predicted octanol–water partition coefficient (Wildman–Crippen LogP) is 5.01. The molecule has 1 heterocycles. The maximum Gasteiger partial charge on any atom is 0.303 e. The van der Waals surface area contributed by atoms with Crippen LogP contribution in [0.5, 0.6) is 0 Å². The number of aryl methyl sites for hydroxylation is 3. The summed E-state index contributed by atoms with van der Waals surface area (Å²) in [4.78, 5) is 26.4. The fourth-order valence-electron chi connectivity index (χ4n) is 4.39. The molecule has 2 N–H and O–H groups in total. The molecule has 2 aromatic carbocycles. The molecule has 0 radical (unpaired) electrons. The van der Waals surface area contributed by atoms with Crippen LogP contribution in [0.3, 0.4) is 0 Å². The van der Waals surface area contributed by atoms with E-state index in [0.717, 1.165) is 27.9 Å². The highest BCUT2D eigenvalue weighted by Gasteiger charge is 2.37. The van der Waals surface area contributed by atoms with Gasteiger partial charge in [0.2, 0.25) is 0 Å². The van der Waals surface area contributed by atoms with E-state index in [2.05, 4.69) is 12.6 Å². The summed E-state index contributed by atoms with van der Waals surface area (Å²) in [5.41, 5.74) is 4.48. The summed E-state index contributed by atoms with van der Waals surface area (Å²) in [5, 5.41) is 18.8. The van der Waals surface area contributed by atoms with Crippen LogP contribution in [0.2, 0.25) is 0 Å². The second-order valence-electron chi connectivity index (χ2n) is 10.2. The van der Waals surface area contributed by atoms with Crippen LogP contribution in [0.15, 0.2) is 55.1 Å². The average molecular weight is 480 g/mol. The molecule has 0 aliphatic carbocycles. The predicted molar refractivity (Wildman–Crippen MR) is 138 cm³/mol. The first-order valence-electron chi connectivity index (χ1n) is 12.2. The molecule has 35 heavy (non-hydrogen) atoms. The standard InChI is InChI=1S/C29H37NO5/c1-5-6-25-23-17-20(2)7-14-24(23)30(18-29(3,4)19-31)28(34)26(35-25)15-12-21-8-10-22(11-9-21)13-16-27(32)33/h5,7-11,14,17,25-26,31H,1,6,12-13,15-16,18-19H2,2-4H3,(H,32,33)/t25-,26-/m1/s1. The Kier molecular flexibility index (Phi) is 8.87. The first kappa shape index (κ1) is 26.6. The molecule has 1 aliphatic rings. The second kappa shape index (κ2) is 11.6. The Morgan fingerprint density at radius 2 is 1.77 bits per heavy atom. The number of carbonyl (C=O) groups excluding carboxylic acids is 1. The Morgan fingerprint density at radius 1 is 1.11 bits per heavy atom. The van der Waals surface area contributed by atoms with Gasteiger partial charge in [0.15, 0.2) is 0 Å². The minimum Gasteiger partial charge on any atom is -0.481 e. The number of anilines is 1. The number of carboxylic acid groups (broad SMARTS) is 1. The summed E-state index contributed by atoms with van der Waals surface area (Å²) in [6.07, 6.45) is 3.28. The lowest BCUT2D eigenvalue weighted by molar-refractivity contribution is -0.137. The number of hydrogen-bond acceptors (Lipinski definition) is 4. The van der Waals surface area contributed by atoms with Crippen molar-refractivity contribution in [2.24, 2.45) is 5.41 Å². The van der Waals surface area contributed by atoms with Crippen molar-refractivity contribution < 1.29 is 24.5 Å². The topological polar surface area (TPSA) is 87.1 Å². The fourth-order valence-corrected chi connectivity index (χ4v) is 4.39. The van der Waals surface area contributed by atoms with E-state index in [1.165, 1.54) is 0 Å². The SMILES string of the molecule is C=CC[C@H]1O[C@H](CCc2ccc(CCC(=O)O)cc2)C(=O)N(CC(C)(C)CO)c2ccc(C)cc21. The number of hydrogen-bond donors (Lipinski definition) is 2. The van der Waals surface area contributed by atoms with Gasteiger partial charge in [-0.2, -0.15) is 0 Å². The van der Waals surface area contributed by atoms with Crippen LogP contribution in [-0.4, -0.2) is 41.3 Å². The highest BCUT2D eigenvalue weighted by Crippen LogP contribution is 2.38. The lowest BCUT2D eigenvalue weighted by Gasteiger charge is -2.32. The molecule has 2 aromatic rings. The molecule has 0 spiro atoms. The van der Waals surface area contributed by atoms with Gasteiger partial charge >= 0.3 is 5.97 Å². The summed E-state index contributed by atoms with van der Waals surface area (Å²) < 4.78 is 6.44. The minimum absolute atomic E-state index is 0.0339. The Labute approximate surface area is 208 Å². The number of rotatable bonds is 11. The smallest absolute Gasteiger partial charge is 0.303 e. The third-order valence-corrected chi connectivity index (χ3v) is 6.43. The molecular formula is C29H37NO5. The molecule has 0 fully saturated rings. The third-order valence-electron chi connectivity index (χ3n) is 6.43. The van der Waals surface area contributed by atoms with Crippen molar-refractivity contribution in [1.29, 1.82) is 0 Å². The van der Waals surface area contributed by atoms with E-state index in [4.69, 9.17) is 9.84 Å². The van der Waals surface area contributed by atoms with Gasteiger partial charge in [-0.1, -0.05) is 61.9 Å². The highest BCUT2D eigenvalue weighted by molar-refractivity contribution is 5.98. The van der Waals surface area contributed by atoms with Crippen LogP contribution in [-0.2, 0) is 27.2 Å². The number of fused-ring (bicyclic) bond motifs is 1. The number of ether oxygens (including phenoxy) is 1. The van der Waals surface area contributed by atoms with Gasteiger partial charge in [-0.25, -0.2) is 0 Å². The van der Waals surface area contributed by atoms with E-state index in [9.17, 15) is 14.7 Å². The highest BCUT2D eigenvalue weighted by atomic mass is 16.5. The van der Waals surface area contributed by atoms with Crippen molar-refractivity contribution in [3.63, 3.8) is 0 Å². The van der Waals surface area contributed by atoms with E-state index >= 15 is 0 Å². The zero-order valence-electron chi connectivity index (χ0n) is 21.0. The second-order valence-corrected chi connectivity index (χ2v) is 10.2. The van der Waals surface area contributed by atoms with E-state index in [1.807, 2.05) is 63.2 Å². The first-order chi connectivity index (χ1) is 16.6. The van der Waals surface area contributed by atoms with E-state index < -0.39 is 17.5 Å². The molecule has 0 saturated carbocycles. The van der Waals surface area contributed by atoms with Gasteiger partial charge in [0, 0.05) is 36.2 Å². The molecule has 0 saturated heterocycles. The van der Waals surface area contributed by atoms with Crippen LogP contribution in [0, 0.1) is 12.3 Å². The maximum absolute atomic E-state index is 13.8. The molecule has 3 rings (SSSR count). The molecule has 2 atom stereocenters. The van der Waals surface area contributed by atoms with Gasteiger partial charge in [-0.15, -0.1) is 6.58 Å². The zero-order valence-corrected chi connectivity index (χ0v) is 21.0. The van der Waals surface area contributed by atoms with Crippen LogP contribution in [0.4, 0.5) is 5.69 Å². The number of benzene rings is 2. The van der Waals surface area contributed by atoms with Crippen molar-refractivity contribution in [2.45, 2.75) is 65.1 Å². The van der Waals surface area contributed by atoms with Gasteiger partial charge in [-0.3, -0.25) is 9.59 Å². The summed E-state index contributed by atoms with van der Waals surface area (Å²) in [6.45, 7) is 10.2. The third kappa shape index (κ3) is 7.03. The monoisotopic (exact) mass is 479 g/mol. The molecule has 0 aromatic heterocycles. The largest absolute Gasteiger partial charge is 0.481 e. The van der Waals surface area contributed by atoms with Crippen LogP contribution in [0.1, 0.15) is 61.5 Å². The maximum atomic E-state index is 13.8. The van der Waals surface area contributed by atoms with E-state index in [1.54, 1.807) is 4.90 Å². The van der Waals surface area contributed by atoms with Crippen LogP contribution >= 0.6 is 0 Å². The van der Waals surface area contributed by atoms with Crippen molar-refractivity contribution in [1.82, 2.24) is 0 Å². The number of carboxylic acids is 1. The van der Waals surface area contributed by atoms with Crippen molar-refractivity contribution in [3.05, 3.63) is 77.4 Å². The number of aliphatic carboxylic acids is 1. The lowest BCUT2D eigenvalue weighted by atomic mass is 9.92. The Bertz CT molecular complexity index is 1040. The van der Waals surface area contributed by atoms with Gasteiger partial charge in [-0.05, 0) is 49.8 Å². The average Bonchev–Trinajstić information content (AvgIpc) is 2.92. The minimum atomic E-state index is -0.808. The molecule has 1 amide bonds. The Hall–Kier alpha value is -2.96. The van der Waals surface area contributed by atoms with E-state index in [-0.39, 0.29) is 25.0 Å². The summed E-state index contributed by atoms with van der Waals surface area (Å²) in [5.74, 6) is -0.904. The van der Waals surface area contributed by atoms with Gasteiger partial charge in [0.05, 0.1) is 6.10 Å². The normalized spacial score (nSPS) is 18.2. The number of nitrogens with zero attached hydrogens (tertiary/aromatic N) is 1. The first-order valence-corrected chi connectivity index (χ1v) is 12.2. The zero-order chi connectivity index (χ0) is 25.6. The molecule has 0 bridgehead atoms. The van der Waals surface area contributed by atoms with Crippen molar-refractivity contribution >= 4 is 17.6 Å². The number of carbonyl (C=O) groups is 2. The molecule has 6 nitrogen and oxygen atoms in total. The lowest BCUT2D eigenvalue weighted by Crippen LogP contribution is -2.45. The summed E-state index contributed by atoms with van der Waals surface area (Å²) in [6, 6.07) is 13.9. The molecule has 6 heteroatoms. The fraction of sp³-hybridized carbons (Fsp3) is 0.448. The number of aliphatic hydroxyl groups excluding tert-OH is 1. The van der Waals surface area contributed by atoms with Gasteiger partial charge in [0.25, 0.3) is 5.91 Å². The van der Waals surface area contributed by atoms with Crippen molar-refractivity contribution in [3.8, 4) is 0 Å². The van der Waals surface area contributed by atoms with Crippen molar-refractivity contribution in [2.75, 3.05) is 18.1 Å². The van der Waals surface area contributed by atoms with E-state index in [0.29, 0.717) is 32.2 Å². The van der Waals surface area contributed by atoms with Gasteiger partial charge < -0.3 is 19.8 Å². The number of aliphatic hydroxyl groups is 1. The Morgan fingerprint density at radius 3 is 2.37 bits per heavy atom. The molecule has 1 aliphatic heterocycles.